The normalized spacial score (nSPS) is 11.1. The minimum atomic E-state index is 0.127. The van der Waals surface area contributed by atoms with Crippen molar-refractivity contribution in [1.82, 2.24) is 5.16 Å². The van der Waals surface area contributed by atoms with Crippen molar-refractivity contribution in [2.75, 3.05) is 6.61 Å². The highest BCUT2D eigenvalue weighted by molar-refractivity contribution is 6.65. The van der Waals surface area contributed by atoms with Gasteiger partial charge in [0, 0.05) is 18.9 Å². The van der Waals surface area contributed by atoms with E-state index in [-0.39, 0.29) is 6.61 Å². The van der Waals surface area contributed by atoms with Crippen molar-refractivity contribution >= 4 is 16.8 Å². The van der Waals surface area contributed by atoms with Gasteiger partial charge < -0.3 is 14.8 Å². The second-order valence-corrected chi connectivity index (χ2v) is 4.88. The molecular formula is C14H25ClN2O3. The quantitative estimate of drug-likeness (QED) is 0.435. The number of nitrogens with zero attached hydrogens (tertiary/aromatic N) is 2. The second kappa shape index (κ2) is 12.9. The van der Waals surface area contributed by atoms with E-state index in [1.807, 2.05) is 6.07 Å². The third-order valence-electron chi connectivity index (χ3n) is 2.60. The topological polar surface area (TPSA) is 78.9 Å². The predicted molar refractivity (Wildman–Crippen MR) is 80.5 cm³/mol. The Bertz CT molecular complexity index is 367. The highest BCUT2D eigenvalue weighted by atomic mass is 35.5. The molecule has 1 aromatic heterocycles. The minimum absolute atomic E-state index is 0.127. The first-order valence-corrected chi connectivity index (χ1v) is 7.47. The number of hydrogen-bond donors (Lipinski definition) is 2. The van der Waals surface area contributed by atoms with Gasteiger partial charge in [-0.3, -0.25) is 0 Å². The standard InChI is InChI=1S/C9H15NO2.C5H10ClNO/c1-2-3-4-8-7-9(5-6-11)12-10-8;1-2-3-4-5(6)7-8/h7,11H,2-6H2,1H3;8H,2-4H2,1H3/b;7-5-. The molecule has 0 bridgehead atoms. The monoisotopic (exact) mass is 304 g/mol. The van der Waals surface area contributed by atoms with E-state index in [9.17, 15) is 0 Å². The molecule has 1 aromatic rings. The van der Waals surface area contributed by atoms with Gasteiger partial charge in [0.05, 0.1) is 12.3 Å². The van der Waals surface area contributed by atoms with Crippen molar-refractivity contribution in [2.24, 2.45) is 5.16 Å². The Morgan fingerprint density at radius 1 is 1.30 bits per heavy atom. The molecule has 0 aliphatic heterocycles. The van der Waals surface area contributed by atoms with E-state index in [4.69, 9.17) is 26.4 Å². The second-order valence-electron chi connectivity index (χ2n) is 4.44. The highest BCUT2D eigenvalue weighted by Crippen LogP contribution is 2.07. The molecule has 0 saturated heterocycles. The van der Waals surface area contributed by atoms with Gasteiger partial charge in [-0.05, 0) is 19.3 Å². The summed E-state index contributed by atoms with van der Waals surface area (Å²) in [6.45, 7) is 4.33. The third-order valence-corrected chi connectivity index (χ3v) is 2.86. The van der Waals surface area contributed by atoms with Crippen LogP contribution in [0.1, 0.15) is 57.4 Å². The van der Waals surface area contributed by atoms with Crippen LogP contribution in [0.5, 0.6) is 0 Å². The molecule has 0 aromatic carbocycles. The lowest BCUT2D eigenvalue weighted by molar-refractivity contribution is 0.276. The van der Waals surface area contributed by atoms with E-state index >= 15 is 0 Å². The summed E-state index contributed by atoms with van der Waals surface area (Å²) < 4.78 is 4.99. The van der Waals surface area contributed by atoms with Gasteiger partial charge >= 0.3 is 0 Å². The number of halogens is 1. The number of oxime groups is 1. The first-order valence-electron chi connectivity index (χ1n) is 7.09. The number of aryl methyl sites for hydroxylation is 1. The summed E-state index contributed by atoms with van der Waals surface area (Å²) in [6.07, 6.45) is 6.61. The van der Waals surface area contributed by atoms with Crippen molar-refractivity contribution < 1.29 is 14.8 Å². The molecule has 0 fully saturated rings. The van der Waals surface area contributed by atoms with Gasteiger partial charge in [0.1, 0.15) is 10.9 Å². The van der Waals surface area contributed by atoms with Crippen molar-refractivity contribution in [1.29, 1.82) is 0 Å². The fraction of sp³-hybridized carbons (Fsp3) is 0.714. The lowest BCUT2D eigenvalue weighted by Gasteiger charge is -1.89. The molecule has 0 amide bonds. The minimum Gasteiger partial charge on any atom is -0.410 e. The Labute approximate surface area is 125 Å². The molecule has 5 nitrogen and oxygen atoms in total. The molecule has 6 heteroatoms. The number of unbranched alkanes of at least 4 members (excludes halogenated alkanes) is 2. The molecule has 0 spiro atoms. The molecule has 0 unspecified atom stereocenters. The molecule has 0 atom stereocenters. The van der Waals surface area contributed by atoms with Crippen LogP contribution >= 0.6 is 11.6 Å². The van der Waals surface area contributed by atoms with Crippen molar-refractivity contribution in [2.45, 2.75) is 58.8 Å². The van der Waals surface area contributed by atoms with Crippen LogP contribution in [-0.4, -0.2) is 27.2 Å². The summed E-state index contributed by atoms with van der Waals surface area (Å²) in [5, 5.41) is 23.6. The lowest BCUT2D eigenvalue weighted by atomic mass is 10.2. The van der Waals surface area contributed by atoms with Crippen LogP contribution in [0.25, 0.3) is 0 Å². The molecule has 1 rings (SSSR count). The number of aliphatic hydroxyl groups is 1. The molecule has 0 aliphatic rings. The maximum absolute atomic E-state index is 8.62. The zero-order chi connectivity index (χ0) is 15.2. The first kappa shape index (κ1) is 18.9. The Hall–Kier alpha value is -1.07. The van der Waals surface area contributed by atoms with E-state index in [2.05, 4.69) is 24.2 Å². The van der Waals surface area contributed by atoms with Gasteiger partial charge in [-0.25, -0.2) is 0 Å². The Kier molecular flexibility index (Phi) is 12.2. The Morgan fingerprint density at radius 3 is 2.55 bits per heavy atom. The number of hydrogen-bond acceptors (Lipinski definition) is 5. The summed E-state index contributed by atoms with van der Waals surface area (Å²) in [5.41, 5.74) is 1.00. The zero-order valence-electron chi connectivity index (χ0n) is 12.3. The molecule has 116 valence electrons. The van der Waals surface area contributed by atoms with E-state index in [0.29, 0.717) is 18.0 Å². The van der Waals surface area contributed by atoms with E-state index in [1.165, 1.54) is 6.42 Å². The summed E-state index contributed by atoms with van der Waals surface area (Å²) in [5.74, 6) is 0.781. The van der Waals surface area contributed by atoms with E-state index in [0.717, 1.165) is 37.1 Å². The van der Waals surface area contributed by atoms with Crippen LogP contribution in [0.15, 0.2) is 15.7 Å². The lowest BCUT2D eigenvalue weighted by Crippen LogP contribution is -1.86. The van der Waals surface area contributed by atoms with Gasteiger partial charge in [-0.15, -0.1) is 0 Å². The van der Waals surface area contributed by atoms with Gasteiger partial charge in [0.15, 0.2) is 0 Å². The van der Waals surface area contributed by atoms with Crippen molar-refractivity contribution in [3.8, 4) is 0 Å². The van der Waals surface area contributed by atoms with Gasteiger partial charge in [0.2, 0.25) is 0 Å². The van der Waals surface area contributed by atoms with Crippen LogP contribution < -0.4 is 0 Å². The van der Waals surface area contributed by atoms with Crippen LogP contribution in [-0.2, 0) is 12.8 Å². The van der Waals surface area contributed by atoms with Crippen molar-refractivity contribution in [3.05, 3.63) is 17.5 Å². The fourth-order valence-electron chi connectivity index (χ4n) is 1.43. The van der Waals surface area contributed by atoms with Crippen LogP contribution in [0.4, 0.5) is 0 Å². The maximum atomic E-state index is 8.62. The number of rotatable bonds is 8. The summed E-state index contributed by atoms with van der Waals surface area (Å²) >= 11 is 5.34. The van der Waals surface area contributed by atoms with E-state index in [1.54, 1.807) is 0 Å². The smallest absolute Gasteiger partial charge is 0.145 e. The molecule has 0 radical (unpaired) electrons. The molecule has 1 heterocycles. The number of aromatic nitrogens is 1. The van der Waals surface area contributed by atoms with Crippen LogP contribution in [0.2, 0.25) is 0 Å². The molecule has 20 heavy (non-hydrogen) atoms. The first-order chi connectivity index (χ1) is 9.67. The predicted octanol–water partition coefficient (Wildman–Crippen LogP) is 3.76. The summed E-state index contributed by atoms with van der Waals surface area (Å²) in [4.78, 5) is 0. The molecule has 2 N–H and O–H groups in total. The summed E-state index contributed by atoms with van der Waals surface area (Å²) in [6, 6.07) is 1.92. The largest absolute Gasteiger partial charge is 0.410 e. The Morgan fingerprint density at radius 2 is 2.00 bits per heavy atom. The summed E-state index contributed by atoms with van der Waals surface area (Å²) in [7, 11) is 0. The van der Waals surface area contributed by atoms with Crippen molar-refractivity contribution in [3.63, 3.8) is 0 Å². The van der Waals surface area contributed by atoms with Gasteiger partial charge in [0.25, 0.3) is 0 Å². The third kappa shape index (κ3) is 9.81. The van der Waals surface area contributed by atoms with Gasteiger partial charge in [-0.2, -0.15) is 0 Å². The average Bonchev–Trinajstić information content (AvgIpc) is 2.91. The average molecular weight is 305 g/mol. The number of aliphatic hydroxyl groups excluding tert-OH is 1. The highest BCUT2D eigenvalue weighted by Gasteiger charge is 2.02. The maximum Gasteiger partial charge on any atom is 0.145 e. The SMILES string of the molecule is CCCC/C(Cl)=N/O.CCCCc1cc(CCO)on1. The molecule has 0 aliphatic carbocycles. The molecular weight excluding hydrogens is 280 g/mol. The van der Waals surface area contributed by atoms with Crippen LogP contribution in [0, 0.1) is 0 Å². The van der Waals surface area contributed by atoms with Gasteiger partial charge in [-0.1, -0.05) is 48.6 Å². The van der Waals surface area contributed by atoms with E-state index < -0.39 is 0 Å². The molecule has 0 saturated carbocycles. The zero-order valence-corrected chi connectivity index (χ0v) is 13.1. The van der Waals surface area contributed by atoms with Crippen LogP contribution in [0.3, 0.4) is 0 Å². The Balaban J connectivity index is 0.000000396. The fourth-order valence-corrected chi connectivity index (χ4v) is 1.57.